The smallest absolute Gasteiger partial charge is 0.151 e. The van der Waals surface area contributed by atoms with E-state index in [1.54, 1.807) is 0 Å². The van der Waals surface area contributed by atoms with Crippen molar-refractivity contribution < 1.29 is 4.74 Å². The number of pyridine rings is 1. The molecule has 6 heteroatoms. The molecule has 0 spiro atoms. The molecular formula is C17H28N4OS. The van der Waals surface area contributed by atoms with Crippen LogP contribution in [0.15, 0.2) is 6.20 Å². The van der Waals surface area contributed by atoms with Gasteiger partial charge in [-0.1, -0.05) is 13.3 Å². The lowest BCUT2D eigenvalue weighted by atomic mass is 10.2. The Bertz CT molecular complexity index is 627. The number of aryl methyl sites for hydroxylation is 2. The summed E-state index contributed by atoms with van der Waals surface area (Å²) in [7, 11) is 0. The Kier molecular flexibility index (Phi) is 7.17. The van der Waals surface area contributed by atoms with Crippen LogP contribution in [0.25, 0.3) is 11.0 Å². The monoisotopic (exact) mass is 336 g/mol. The summed E-state index contributed by atoms with van der Waals surface area (Å²) in [6.45, 7) is 8.45. The lowest BCUT2D eigenvalue weighted by Crippen LogP contribution is -2.07. The van der Waals surface area contributed by atoms with Gasteiger partial charge in [-0.05, 0) is 43.8 Å². The Balaban J connectivity index is 2.15. The average molecular weight is 337 g/mol. The fraction of sp³-hybridized carbons (Fsp3) is 0.647. The maximum absolute atomic E-state index is 6.01. The Labute approximate surface area is 143 Å². The van der Waals surface area contributed by atoms with E-state index in [1.165, 1.54) is 24.3 Å². The molecule has 128 valence electrons. The number of imidazole rings is 1. The first-order valence-electron chi connectivity index (χ1n) is 8.44. The lowest BCUT2D eigenvalue weighted by molar-refractivity contribution is 0.126. The van der Waals surface area contributed by atoms with E-state index in [4.69, 9.17) is 10.5 Å². The normalized spacial score (nSPS) is 11.4. The number of hydrogen-bond acceptors (Lipinski definition) is 5. The number of ether oxygens (including phenoxy) is 1. The van der Waals surface area contributed by atoms with Crippen LogP contribution in [-0.4, -0.2) is 32.6 Å². The number of rotatable bonds is 10. The molecule has 0 aliphatic carbocycles. The SMILES string of the molecule is CCCCSCCCn1c(COCC)nc2c(N)ncc(C)c21. The first kappa shape index (κ1) is 18.1. The van der Waals surface area contributed by atoms with Crippen LogP contribution in [0.4, 0.5) is 5.82 Å². The fourth-order valence-electron chi connectivity index (χ4n) is 2.58. The molecule has 0 aromatic carbocycles. The summed E-state index contributed by atoms with van der Waals surface area (Å²) in [6.07, 6.45) is 5.52. The van der Waals surface area contributed by atoms with Gasteiger partial charge in [0.05, 0.1) is 5.52 Å². The second kappa shape index (κ2) is 9.13. The largest absolute Gasteiger partial charge is 0.382 e. The number of nitrogens with zero attached hydrogens (tertiary/aromatic N) is 3. The molecule has 0 radical (unpaired) electrons. The highest BCUT2D eigenvalue weighted by Gasteiger charge is 2.15. The number of thioether (sulfide) groups is 1. The summed E-state index contributed by atoms with van der Waals surface area (Å²) in [6, 6.07) is 0. The number of nitrogen functional groups attached to an aromatic ring is 1. The predicted octanol–water partition coefficient (Wildman–Crippen LogP) is 3.78. The van der Waals surface area contributed by atoms with Crippen molar-refractivity contribution in [1.82, 2.24) is 14.5 Å². The van der Waals surface area contributed by atoms with E-state index >= 15 is 0 Å². The van der Waals surface area contributed by atoms with Crippen molar-refractivity contribution in [3.8, 4) is 0 Å². The molecule has 2 N–H and O–H groups in total. The van der Waals surface area contributed by atoms with Crippen LogP contribution in [-0.2, 0) is 17.9 Å². The van der Waals surface area contributed by atoms with Crippen LogP contribution in [0.5, 0.6) is 0 Å². The molecule has 0 saturated heterocycles. The molecule has 0 bridgehead atoms. The van der Waals surface area contributed by atoms with Gasteiger partial charge < -0.3 is 15.0 Å². The Morgan fingerprint density at radius 3 is 2.78 bits per heavy atom. The first-order valence-corrected chi connectivity index (χ1v) is 9.60. The van der Waals surface area contributed by atoms with Crippen molar-refractivity contribution in [2.75, 3.05) is 23.8 Å². The molecule has 2 heterocycles. The van der Waals surface area contributed by atoms with Crippen molar-refractivity contribution in [1.29, 1.82) is 0 Å². The molecule has 0 aliphatic heterocycles. The van der Waals surface area contributed by atoms with Crippen LogP contribution in [0.2, 0.25) is 0 Å². The third kappa shape index (κ3) is 4.61. The van der Waals surface area contributed by atoms with E-state index in [9.17, 15) is 0 Å². The number of nitrogens with two attached hydrogens (primary N) is 1. The third-order valence-corrected chi connectivity index (χ3v) is 4.96. The van der Waals surface area contributed by atoms with Crippen molar-refractivity contribution in [3.63, 3.8) is 0 Å². The molecule has 0 atom stereocenters. The van der Waals surface area contributed by atoms with Crippen LogP contribution in [0, 0.1) is 6.92 Å². The Hall–Kier alpha value is -1.27. The number of hydrogen-bond donors (Lipinski definition) is 1. The number of unbranched alkanes of at least 4 members (excludes halogenated alkanes) is 1. The zero-order valence-electron chi connectivity index (χ0n) is 14.5. The topological polar surface area (TPSA) is 66.0 Å². The maximum atomic E-state index is 6.01. The quantitative estimate of drug-likeness (QED) is 0.669. The summed E-state index contributed by atoms with van der Waals surface area (Å²) in [5.41, 5.74) is 9.03. The van der Waals surface area contributed by atoms with Gasteiger partial charge in [0.2, 0.25) is 0 Å². The van der Waals surface area contributed by atoms with Gasteiger partial charge in [0.15, 0.2) is 5.82 Å². The van der Waals surface area contributed by atoms with Crippen LogP contribution >= 0.6 is 11.8 Å². The zero-order valence-corrected chi connectivity index (χ0v) is 15.3. The van der Waals surface area contributed by atoms with E-state index in [0.717, 1.165) is 35.4 Å². The van der Waals surface area contributed by atoms with Gasteiger partial charge in [0, 0.05) is 19.3 Å². The second-order valence-electron chi connectivity index (χ2n) is 5.66. The molecule has 2 aromatic rings. The van der Waals surface area contributed by atoms with Gasteiger partial charge in [-0.3, -0.25) is 0 Å². The standard InChI is InChI=1S/C17H28N4OS/c1-4-6-9-23-10-7-8-21-14(12-22-5-2)20-15-16(21)13(3)11-19-17(15)18/h11H,4-10,12H2,1-3H3,(H2,18,19). The lowest BCUT2D eigenvalue weighted by Gasteiger charge is -2.10. The molecule has 5 nitrogen and oxygen atoms in total. The number of aromatic nitrogens is 3. The van der Waals surface area contributed by atoms with Crippen LogP contribution < -0.4 is 5.73 Å². The van der Waals surface area contributed by atoms with Crippen molar-refractivity contribution >= 4 is 28.6 Å². The van der Waals surface area contributed by atoms with Gasteiger partial charge in [0.1, 0.15) is 17.9 Å². The molecule has 0 saturated carbocycles. The van der Waals surface area contributed by atoms with E-state index in [0.29, 0.717) is 19.0 Å². The Morgan fingerprint density at radius 2 is 2.04 bits per heavy atom. The molecule has 0 fully saturated rings. The van der Waals surface area contributed by atoms with E-state index in [-0.39, 0.29) is 0 Å². The highest BCUT2D eigenvalue weighted by molar-refractivity contribution is 7.99. The van der Waals surface area contributed by atoms with Gasteiger partial charge in [-0.2, -0.15) is 11.8 Å². The average Bonchev–Trinajstić information content (AvgIpc) is 2.92. The molecule has 23 heavy (non-hydrogen) atoms. The summed E-state index contributed by atoms with van der Waals surface area (Å²) in [5, 5.41) is 0. The van der Waals surface area contributed by atoms with Gasteiger partial charge in [0.25, 0.3) is 0 Å². The number of anilines is 1. The van der Waals surface area contributed by atoms with E-state index < -0.39 is 0 Å². The van der Waals surface area contributed by atoms with E-state index in [2.05, 4.69) is 28.4 Å². The van der Waals surface area contributed by atoms with Crippen molar-refractivity contribution in [2.45, 2.75) is 53.2 Å². The fourth-order valence-corrected chi connectivity index (χ4v) is 3.61. The van der Waals surface area contributed by atoms with Gasteiger partial charge >= 0.3 is 0 Å². The minimum absolute atomic E-state index is 0.499. The van der Waals surface area contributed by atoms with Crippen LogP contribution in [0.1, 0.15) is 44.5 Å². The molecule has 0 unspecified atom stereocenters. The minimum Gasteiger partial charge on any atom is -0.382 e. The Morgan fingerprint density at radius 1 is 1.26 bits per heavy atom. The highest BCUT2D eigenvalue weighted by Crippen LogP contribution is 2.24. The zero-order chi connectivity index (χ0) is 16.7. The predicted molar refractivity (Wildman–Crippen MR) is 98.9 cm³/mol. The first-order chi connectivity index (χ1) is 11.2. The maximum Gasteiger partial charge on any atom is 0.151 e. The number of fused-ring (bicyclic) bond motifs is 1. The van der Waals surface area contributed by atoms with Crippen molar-refractivity contribution in [2.24, 2.45) is 0 Å². The van der Waals surface area contributed by atoms with Crippen LogP contribution in [0.3, 0.4) is 0 Å². The van der Waals surface area contributed by atoms with Crippen molar-refractivity contribution in [3.05, 3.63) is 17.6 Å². The van der Waals surface area contributed by atoms with E-state index in [1.807, 2.05) is 24.9 Å². The highest BCUT2D eigenvalue weighted by atomic mass is 32.2. The molecule has 2 aromatic heterocycles. The third-order valence-electron chi connectivity index (χ3n) is 3.81. The van der Waals surface area contributed by atoms with Gasteiger partial charge in [-0.25, -0.2) is 9.97 Å². The van der Waals surface area contributed by atoms with Gasteiger partial charge in [-0.15, -0.1) is 0 Å². The molecule has 0 aliphatic rings. The molecule has 0 amide bonds. The second-order valence-corrected chi connectivity index (χ2v) is 6.88. The molecule has 2 rings (SSSR count). The summed E-state index contributed by atoms with van der Waals surface area (Å²) >= 11 is 2.03. The molecular weight excluding hydrogens is 308 g/mol. The summed E-state index contributed by atoms with van der Waals surface area (Å²) < 4.78 is 7.84. The summed E-state index contributed by atoms with van der Waals surface area (Å²) in [4.78, 5) is 8.91. The summed E-state index contributed by atoms with van der Waals surface area (Å²) in [5.74, 6) is 3.87. The minimum atomic E-state index is 0.499.